The van der Waals surface area contributed by atoms with Crippen molar-refractivity contribution in [3.05, 3.63) is 33.9 Å². The largest absolute Gasteiger partial charge is 0.380 e. The highest BCUT2D eigenvalue weighted by molar-refractivity contribution is 5.62. The molecular weight excluding hydrogens is 272 g/mol. The molecule has 21 heavy (non-hydrogen) atoms. The molecule has 0 aliphatic carbocycles. The zero-order valence-electron chi connectivity index (χ0n) is 13.1. The number of nitro benzene ring substituents is 1. The minimum Gasteiger partial charge on any atom is -0.380 e. The number of nitrogens with one attached hydrogen (secondary N) is 1. The molecule has 1 aromatic rings. The Balaban J connectivity index is 2.60. The number of anilines is 1. The molecule has 0 saturated heterocycles. The van der Waals surface area contributed by atoms with Crippen molar-refractivity contribution in [1.82, 2.24) is 0 Å². The van der Waals surface area contributed by atoms with Crippen molar-refractivity contribution < 1.29 is 14.4 Å². The maximum Gasteiger partial charge on any atom is 0.292 e. The summed E-state index contributed by atoms with van der Waals surface area (Å²) >= 11 is 0. The molecule has 0 radical (unpaired) electrons. The van der Waals surface area contributed by atoms with Crippen LogP contribution in [0.4, 0.5) is 11.4 Å². The Kier molecular flexibility index (Phi) is 6.58. The molecule has 1 rings (SSSR count). The molecule has 118 valence electrons. The molecule has 6 heteroatoms. The first-order valence-electron chi connectivity index (χ1n) is 7.03. The second-order valence-corrected chi connectivity index (χ2v) is 5.41. The third kappa shape index (κ3) is 5.69. The fraction of sp³-hybridized carbons (Fsp3) is 0.600. The van der Waals surface area contributed by atoms with Crippen LogP contribution in [0.1, 0.15) is 32.8 Å². The number of ether oxygens (including phenoxy) is 2. The quantitative estimate of drug-likeness (QED) is 0.430. The van der Waals surface area contributed by atoms with Gasteiger partial charge in [-0.1, -0.05) is 6.07 Å². The summed E-state index contributed by atoms with van der Waals surface area (Å²) in [6.07, 6.45) is 0.765. The van der Waals surface area contributed by atoms with Gasteiger partial charge in [-0.05, 0) is 38.8 Å². The Hall–Kier alpha value is -1.66. The molecule has 0 unspecified atom stereocenters. The van der Waals surface area contributed by atoms with Gasteiger partial charge in [-0.25, -0.2) is 0 Å². The number of hydrogen-bond acceptors (Lipinski definition) is 5. The maximum atomic E-state index is 11.1. The van der Waals surface area contributed by atoms with E-state index in [0.717, 1.165) is 12.0 Å². The van der Waals surface area contributed by atoms with Crippen molar-refractivity contribution >= 4 is 11.4 Å². The number of nitro groups is 1. The van der Waals surface area contributed by atoms with Crippen LogP contribution in [0.5, 0.6) is 0 Å². The fourth-order valence-electron chi connectivity index (χ4n) is 1.77. The molecule has 0 amide bonds. The van der Waals surface area contributed by atoms with Gasteiger partial charge < -0.3 is 14.8 Å². The minimum absolute atomic E-state index is 0.0789. The number of rotatable bonds is 9. The van der Waals surface area contributed by atoms with E-state index in [4.69, 9.17) is 9.47 Å². The molecular formula is C15H24N2O4. The average molecular weight is 296 g/mol. The SMILES string of the molecule is CCNc1ccc(COCCC(C)(C)OC)cc1[N+](=O)[O-]. The molecule has 6 nitrogen and oxygen atoms in total. The summed E-state index contributed by atoms with van der Waals surface area (Å²) in [5.74, 6) is 0. The normalized spacial score (nSPS) is 11.4. The summed E-state index contributed by atoms with van der Waals surface area (Å²) in [5, 5.41) is 14.0. The van der Waals surface area contributed by atoms with Crippen LogP contribution in [0.25, 0.3) is 0 Å². The lowest BCUT2D eigenvalue weighted by Gasteiger charge is -2.22. The molecule has 0 aromatic heterocycles. The van der Waals surface area contributed by atoms with Crippen LogP contribution in [0.2, 0.25) is 0 Å². The summed E-state index contributed by atoms with van der Waals surface area (Å²) in [6, 6.07) is 5.12. The van der Waals surface area contributed by atoms with Crippen LogP contribution in [0.3, 0.4) is 0 Å². The first-order chi connectivity index (χ1) is 9.89. The molecule has 0 aliphatic heterocycles. The van der Waals surface area contributed by atoms with E-state index in [9.17, 15) is 10.1 Å². The van der Waals surface area contributed by atoms with E-state index in [1.165, 1.54) is 0 Å². The van der Waals surface area contributed by atoms with Crippen molar-refractivity contribution in [2.45, 2.75) is 39.4 Å². The zero-order chi connectivity index (χ0) is 15.9. The molecule has 0 saturated carbocycles. The Morgan fingerprint density at radius 1 is 1.38 bits per heavy atom. The molecule has 1 N–H and O–H groups in total. The van der Waals surface area contributed by atoms with Crippen LogP contribution >= 0.6 is 0 Å². The molecule has 0 atom stereocenters. The number of benzene rings is 1. The van der Waals surface area contributed by atoms with Gasteiger partial charge in [0.15, 0.2) is 0 Å². The Bertz CT molecular complexity index is 475. The van der Waals surface area contributed by atoms with E-state index in [1.807, 2.05) is 26.8 Å². The highest BCUT2D eigenvalue weighted by Crippen LogP contribution is 2.25. The summed E-state index contributed by atoms with van der Waals surface area (Å²) in [5.41, 5.74) is 1.18. The van der Waals surface area contributed by atoms with E-state index in [2.05, 4.69) is 5.32 Å². The molecule has 0 fully saturated rings. The van der Waals surface area contributed by atoms with Gasteiger partial charge in [0.1, 0.15) is 5.69 Å². The first-order valence-corrected chi connectivity index (χ1v) is 7.03. The van der Waals surface area contributed by atoms with Crippen LogP contribution < -0.4 is 5.32 Å². The zero-order valence-corrected chi connectivity index (χ0v) is 13.1. The average Bonchev–Trinajstić information content (AvgIpc) is 2.45. The van der Waals surface area contributed by atoms with E-state index in [-0.39, 0.29) is 16.2 Å². The van der Waals surface area contributed by atoms with Gasteiger partial charge in [0.25, 0.3) is 5.69 Å². The van der Waals surface area contributed by atoms with Crippen molar-refractivity contribution in [1.29, 1.82) is 0 Å². The lowest BCUT2D eigenvalue weighted by atomic mass is 10.1. The lowest BCUT2D eigenvalue weighted by molar-refractivity contribution is -0.384. The second-order valence-electron chi connectivity index (χ2n) is 5.41. The lowest BCUT2D eigenvalue weighted by Crippen LogP contribution is -2.24. The van der Waals surface area contributed by atoms with E-state index in [1.54, 1.807) is 19.2 Å². The van der Waals surface area contributed by atoms with Crippen LogP contribution in [0.15, 0.2) is 18.2 Å². The topological polar surface area (TPSA) is 73.6 Å². The molecule has 0 bridgehead atoms. The summed E-state index contributed by atoms with van der Waals surface area (Å²) in [4.78, 5) is 10.7. The Labute approximate surface area is 125 Å². The van der Waals surface area contributed by atoms with Gasteiger partial charge in [0.05, 0.1) is 17.1 Å². The number of nitrogens with zero attached hydrogens (tertiary/aromatic N) is 1. The summed E-state index contributed by atoms with van der Waals surface area (Å²) < 4.78 is 10.9. The highest BCUT2D eigenvalue weighted by atomic mass is 16.6. The van der Waals surface area contributed by atoms with Gasteiger partial charge in [0.2, 0.25) is 0 Å². The number of methoxy groups -OCH3 is 1. The summed E-state index contributed by atoms with van der Waals surface area (Å²) in [7, 11) is 1.67. The maximum absolute atomic E-state index is 11.1. The molecule has 0 spiro atoms. The fourth-order valence-corrected chi connectivity index (χ4v) is 1.77. The monoisotopic (exact) mass is 296 g/mol. The van der Waals surface area contributed by atoms with Gasteiger partial charge in [0, 0.05) is 26.3 Å². The van der Waals surface area contributed by atoms with E-state index in [0.29, 0.717) is 25.4 Å². The van der Waals surface area contributed by atoms with Gasteiger partial charge in [-0.2, -0.15) is 0 Å². The van der Waals surface area contributed by atoms with Gasteiger partial charge in [-0.3, -0.25) is 10.1 Å². The van der Waals surface area contributed by atoms with Crippen molar-refractivity contribution in [2.24, 2.45) is 0 Å². The Morgan fingerprint density at radius 2 is 2.10 bits per heavy atom. The first kappa shape index (κ1) is 17.4. The molecule has 0 heterocycles. The van der Waals surface area contributed by atoms with Crippen molar-refractivity contribution in [3.63, 3.8) is 0 Å². The highest BCUT2D eigenvalue weighted by Gasteiger charge is 2.16. The van der Waals surface area contributed by atoms with Crippen LogP contribution in [0, 0.1) is 10.1 Å². The second kappa shape index (κ2) is 7.95. The van der Waals surface area contributed by atoms with Gasteiger partial charge in [-0.15, -0.1) is 0 Å². The van der Waals surface area contributed by atoms with Crippen molar-refractivity contribution in [3.8, 4) is 0 Å². The van der Waals surface area contributed by atoms with E-state index >= 15 is 0 Å². The standard InChI is InChI=1S/C15H24N2O4/c1-5-16-13-7-6-12(10-14(13)17(18)19)11-21-9-8-15(2,3)20-4/h6-7,10,16H,5,8-9,11H2,1-4H3. The van der Waals surface area contributed by atoms with Crippen LogP contribution in [-0.4, -0.2) is 30.8 Å². The third-order valence-electron chi connectivity index (χ3n) is 3.30. The number of hydrogen-bond donors (Lipinski definition) is 1. The predicted octanol–water partition coefficient (Wildman–Crippen LogP) is 3.36. The minimum atomic E-state index is -0.379. The molecule has 1 aromatic carbocycles. The summed E-state index contributed by atoms with van der Waals surface area (Å²) in [6.45, 7) is 7.43. The van der Waals surface area contributed by atoms with Gasteiger partial charge >= 0.3 is 0 Å². The Morgan fingerprint density at radius 3 is 2.67 bits per heavy atom. The van der Waals surface area contributed by atoms with Crippen molar-refractivity contribution in [2.75, 3.05) is 25.6 Å². The van der Waals surface area contributed by atoms with E-state index < -0.39 is 0 Å². The third-order valence-corrected chi connectivity index (χ3v) is 3.30. The molecule has 0 aliphatic rings. The van der Waals surface area contributed by atoms with Crippen LogP contribution in [-0.2, 0) is 16.1 Å². The predicted molar refractivity (Wildman–Crippen MR) is 82.6 cm³/mol. The smallest absolute Gasteiger partial charge is 0.292 e.